The van der Waals surface area contributed by atoms with Gasteiger partial charge in [0.05, 0.1) is 28.4 Å². The van der Waals surface area contributed by atoms with Gasteiger partial charge in [-0.2, -0.15) is 0 Å². The van der Waals surface area contributed by atoms with Crippen LogP contribution in [0.4, 0.5) is 0 Å². The monoisotopic (exact) mass is 564 g/mol. The molecular formula is C36H44N4O2. The summed E-state index contributed by atoms with van der Waals surface area (Å²) in [4.78, 5) is 14.1. The summed E-state index contributed by atoms with van der Waals surface area (Å²) in [5.41, 5.74) is 2.89. The molecule has 3 aromatic rings. The second kappa shape index (κ2) is 10.4. The van der Waals surface area contributed by atoms with E-state index in [2.05, 4.69) is 57.3 Å². The second-order valence-corrected chi connectivity index (χ2v) is 13.7. The smallest absolute Gasteiger partial charge is 0.139 e. The molecule has 0 saturated carbocycles. The molecule has 0 radical (unpaired) electrons. The van der Waals surface area contributed by atoms with Gasteiger partial charge in [-0.25, -0.2) is 0 Å². The zero-order chi connectivity index (χ0) is 28.3. The molecule has 1 aliphatic carbocycles. The van der Waals surface area contributed by atoms with Gasteiger partial charge < -0.3 is 20.1 Å². The normalized spacial score (nSPS) is 37.0. The molecule has 6 heteroatoms. The van der Waals surface area contributed by atoms with Crippen LogP contribution in [0.15, 0.2) is 60.8 Å². The maximum atomic E-state index is 13.1. The van der Waals surface area contributed by atoms with Crippen molar-refractivity contribution in [2.75, 3.05) is 26.2 Å². The van der Waals surface area contributed by atoms with E-state index in [9.17, 15) is 10.2 Å². The van der Waals surface area contributed by atoms with Crippen molar-refractivity contribution >= 4 is 27.4 Å². The summed E-state index contributed by atoms with van der Waals surface area (Å²) >= 11 is 0. The fourth-order valence-electron chi connectivity index (χ4n) is 9.64. The van der Waals surface area contributed by atoms with E-state index >= 15 is 0 Å². The molecule has 5 aliphatic rings. The van der Waals surface area contributed by atoms with Gasteiger partial charge in [-0.15, -0.1) is 0 Å². The third-order valence-electron chi connectivity index (χ3n) is 11.3. The van der Waals surface area contributed by atoms with E-state index < -0.39 is 5.60 Å². The molecular weight excluding hydrogens is 520 g/mol. The minimum atomic E-state index is -0.951. The summed E-state index contributed by atoms with van der Waals surface area (Å²) in [6.07, 6.45) is 24.7. The van der Waals surface area contributed by atoms with E-state index in [-0.39, 0.29) is 17.2 Å². The van der Waals surface area contributed by atoms with Crippen LogP contribution in [0.3, 0.4) is 0 Å². The predicted octanol–water partition coefficient (Wildman–Crippen LogP) is 6.56. The van der Waals surface area contributed by atoms with Crippen molar-refractivity contribution in [1.29, 1.82) is 0 Å². The van der Waals surface area contributed by atoms with Gasteiger partial charge in [0.25, 0.3) is 0 Å². The number of piperidine rings is 1. The molecule has 4 aliphatic heterocycles. The summed E-state index contributed by atoms with van der Waals surface area (Å²) < 4.78 is 0. The number of aliphatic hydroxyl groups is 1. The number of rotatable bonds is 1. The minimum Gasteiger partial charge on any atom is -0.506 e. The maximum absolute atomic E-state index is 13.1. The highest BCUT2D eigenvalue weighted by Gasteiger charge is 2.65. The van der Waals surface area contributed by atoms with Crippen molar-refractivity contribution in [2.45, 2.75) is 81.9 Å². The van der Waals surface area contributed by atoms with Gasteiger partial charge in [0.2, 0.25) is 0 Å². The van der Waals surface area contributed by atoms with Crippen LogP contribution in [0, 0.1) is 11.3 Å². The van der Waals surface area contributed by atoms with Crippen LogP contribution in [-0.2, 0) is 0 Å². The number of hydrogen-bond donors (Lipinski definition) is 3. The Morgan fingerprint density at radius 3 is 2.67 bits per heavy atom. The number of benzene rings is 1. The number of aromatic hydroxyl groups is 1. The van der Waals surface area contributed by atoms with E-state index in [0.29, 0.717) is 12.0 Å². The molecule has 3 N–H and O–H groups in total. The number of phenols is 1. The Hall–Kier alpha value is -2.93. The first-order chi connectivity index (χ1) is 20.6. The van der Waals surface area contributed by atoms with E-state index in [1.165, 1.54) is 31.3 Å². The van der Waals surface area contributed by atoms with E-state index in [1.807, 2.05) is 12.3 Å². The molecule has 6 nitrogen and oxygen atoms in total. The SMILES string of the molecule is Oc1cccc2c1[nH]c1c(C3=C[C@@]4(O)CC/C=C\CCCCN5CC[C@@H]3[C@]3(C[C@H]6/C=C\CCCCN6[C@H]34)C5)nccc12. The summed E-state index contributed by atoms with van der Waals surface area (Å²) in [6, 6.07) is 8.24. The lowest BCUT2D eigenvalue weighted by atomic mass is 9.54. The highest BCUT2D eigenvalue weighted by atomic mass is 16.3. The molecule has 2 aromatic heterocycles. The lowest BCUT2D eigenvalue weighted by Crippen LogP contribution is -2.65. The molecule has 8 rings (SSSR count). The van der Waals surface area contributed by atoms with Crippen LogP contribution in [-0.4, -0.2) is 73.8 Å². The number of allylic oxidation sites excluding steroid dienone is 4. The Morgan fingerprint density at radius 1 is 0.905 bits per heavy atom. The minimum absolute atomic E-state index is 0.0494. The lowest BCUT2D eigenvalue weighted by molar-refractivity contribution is -0.0894. The zero-order valence-electron chi connectivity index (χ0n) is 24.6. The van der Waals surface area contributed by atoms with Gasteiger partial charge >= 0.3 is 0 Å². The predicted molar refractivity (Wildman–Crippen MR) is 169 cm³/mol. The third-order valence-corrected chi connectivity index (χ3v) is 11.3. The number of para-hydroxylation sites is 1. The number of hydrogen-bond acceptors (Lipinski definition) is 5. The number of aromatic amines is 1. The molecule has 6 atom stereocenters. The van der Waals surface area contributed by atoms with Crippen molar-refractivity contribution in [3.8, 4) is 5.75 Å². The number of H-pyrrole nitrogens is 1. The van der Waals surface area contributed by atoms with Crippen molar-refractivity contribution in [3.63, 3.8) is 0 Å². The molecule has 1 aromatic carbocycles. The molecule has 2 saturated heterocycles. The maximum Gasteiger partial charge on any atom is 0.139 e. The Balaban J connectivity index is 1.35. The molecule has 1 spiro atoms. The third kappa shape index (κ3) is 4.13. The van der Waals surface area contributed by atoms with Gasteiger partial charge in [0.1, 0.15) is 5.75 Å². The largest absolute Gasteiger partial charge is 0.506 e. The molecule has 3 bridgehead atoms. The average Bonchev–Trinajstić information content (AvgIpc) is 3.50. The zero-order valence-corrected chi connectivity index (χ0v) is 24.6. The topological polar surface area (TPSA) is 75.6 Å². The Bertz CT molecular complexity index is 1590. The highest BCUT2D eigenvalue weighted by Crippen LogP contribution is 2.61. The van der Waals surface area contributed by atoms with Crippen molar-refractivity contribution in [3.05, 3.63) is 66.5 Å². The van der Waals surface area contributed by atoms with Crippen LogP contribution in [0.2, 0.25) is 0 Å². The summed E-state index contributed by atoms with van der Waals surface area (Å²) in [6.45, 7) is 4.33. The quantitative estimate of drug-likeness (QED) is 0.292. The number of aromatic nitrogens is 2. The van der Waals surface area contributed by atoms with E-state index in [4.69, 9.17) is 4.98 Å². The van der Waals surface area contributed by atoms with Gasteiger partial charge in [-0.3, -0.25) is 9.88 Å². The van der Waals surface area contributed by atoms with Gasteiger partial charge in [0.15, 0.2) is 0 Å². The first kappa shape index (κ1) is 26.7. The first-order valence-electron chi connectivity index (χ1n) is 16.4. The summed E-state index contributed by atoms with van der Waals surface area (Å²) in [5, 5.41) is 25.9. The van der Waals surface area contributed by atoms with E-state index in [0.717, 1.165) is 92.2 Å². The summed E-state index contributed by atoms with van der Waals surface area (Å²) in [7, 11) is 0. The summed E-state index contributed by atoms with van der Waals surface area (Å²) in [5.74, 6) is 0.581. The number of fused-ring (bicyclic) bond motifs is 5. The van der Waals surface area contributed by atoms with Crippen molar-refractivity contribution in [2.24, 2.45) is 11.3 Å². The molecule has 6 heterocycles. The number of nitrogens with zero attached hydrogens (tertiary/aromatic N) is 3. The van der Waals surface area contributed by atoms with Crippen LogP contribution in [0.25, 0.3) is 27.4 Å². The Kier molecular flexibility index (Phi) is 6.58. The van der Waals surface area contributed by atoms with Crippen LogP contribution in [0.5, 0.6) is 5.75 Å². The molecule has 220 valence electrons. The van der Waals surface area contributed by atoms with E-state index in [1.54, 1.807) is 6.07 Å². The van der Waals surface area contributed by atoms with Gasteiger partial charge in [0, 0.05) is 35.0 Å². The molecule has 1 unspecified atom stereocenters. The average molecular weight is 565 g/mol. The van der Waals surface area contributed by atoms with Crippen LogP contribution < -0.4 is 0 Å². The van der Waals surface area contributed by atoms with Gasteiger partial charge in [-0.1, -0.05) is 36.4 Å². The van der Waals surface area contributed by atoms with Crippen LogP contribution >= 0.6 is 0 Å². The van der Waals surface area contributed by atoms with Crippen molar-refractivity contribution < 1.29 is 10.2 Å². The fourth-order valence-corrected chi connectivity index (χ4v) is 9.64. The Morgan fingerprint density at radius 2 is 1.74 bits per heavy atom. The highest BCUT2D eigenvalue weighted by molar-refractivity contribution is 6.11. The van der Waals surface area contributed by atoms with Gasteiger partial charge in [-0.05, 0) is 114 Å². The number of nitrogens with one attached hydrogen (secondary N) is 1. The second-order valence-electron chi connectivity index (χ2n) is 13.7. The fraction of sp³-hybridized carbons (Fsp3) is 0.528. The number of pyridine rings is 1. The molecule has 2 fully saturated rings. The lowest BCUT2D eigenvalue weighted by Gasteiger charge is -2.58. The molecule has 42 heavy (non-hydrogen) atoms. The van der Waals surface area contributed by atoms with Crippen LogP contribution in [0.1, 0.15) is 69.9 Å². The number of phenolic OH excluding ortho intramolecular Hbond substituents is 1. The molecule has 0 amide bonds. The Labute approximate surface area is 248 Å². The standard InChI is InChI=1S/C36H44N4O2/c41-30-14-11-13-26-27-15-18-37-32(33(27)38-31(26)30)28-23-36(42)17-8-4-1-2-5-9-19-39-21-16-29(28)35(24-39)22-25-12-7-3-6-10-20-40(25)34(35)36/h1,4,7,11-15,18,23,25,29,34,38,41-42H,2-3,5-6,8-10,16-17,19-22,24H2/b4-1-,12-7-/t25-,29+,34-,35+,36+/m1/s1. The van der Waals surface area contributed by atoms with Crippen molar-refractivity contribution in [1.82, 2.24) is 19.8 Å². The first-order valence-corrected chi connectivity index (χ1v) is 16.4.